The Labute approximate surface area is 191 Å². The number of fused-ring (bicyclic) bond motifs is 1. The van der Waals surface area contributed by atoms with Gasteiger partial charge in [-0.15, -0.1) is 0 Å². The minimum Gasteiger partial charge on any atom is -0.494 e. The molecule has 1 N–H and O–H groups in total. The van der Waals surface area contributed by atoms with Gasteiger partial charge in [0.25, 0.3) is 0 Å². The van der Waals surface area contributed by atoms with E-state index in [1.165, 1.54) is 11.1 Å². The normalized spacial score (nSPS) is 11.1. The number of nitrogens with one attached hydrogen (secondary N) is 1. The molecule has 3 rings (SSSR count). The molecular weight excluding hydrogens is 398 g/mol. The van der Waals surface area contributed by atoms with Crippen molar-refractivity contribution in [2.24, 2.45) is 0 Å². The average Bonchev–Trinajstić information content (AvgIpc) is 3.14. The highest BCUT2D eigenvalue weighted by Gasteiger charge is 2.10. The van der Waals surface area contributed by atoms with Crippen molar-refractivity contribution in [2.75, 3.05) is 13.2 Å². The van der Waals surface area contributed by atoms with Crippen LogP contribution in [0.3, 0.4) is 0 Å². The molecule has 1 heterocycles. The van der Waals surface area contributed by atoms with Crippen molar-refractivity contribution in [2.45, 2.75) is 58.9 Å². The SMILES string of the molecule is C=C(C)C(=O)NCCCc1nc2ccccc2n1CCCCOc1ccc(C(C)C)cc1. The lowest BCUT2D eigenvalue weighted by Gasteiger charge is -2.11. The van der Waals surface area contributed by atoms with E-state index >= 15 is 0 Å². The van der Waals surface area contributed by atoms with Gasteiger partial charge in [-0.1, -0.05) is 44.7 Å². The van der Waals surface area contributed by atoms with E-state index in [4.69, 9.17) is 9.72 Å². The highest BCUT2D eigenvalue weighted by atomic mass is 16.5. The molecule has 0 aliphatic heterocycles. The third kappa shape index (κ3) is 6.46. The van der Waals surface area contributed by atoms with Crippen molar-refractivity contribution < 1.29 is 9.53 Å². The first-order chi connectivity index (χ1) is 15.5. The number of carbonyl (C=O) groups is 1. The lowest BCUT2D eigenvalue weighted by molar-refractivity contribution is -0.117. The molecule has 0 aliphatic rings. The molecule has 170 valence electrons. The second-order valence-electron chi connectivity index (χ2n) is 8.59. The van der Waals surface area contributed by atoms with Gasteiger partial charge in [0, 0.05) is 25.1 Å². The van der Waals surface area contributed by atoms with E-state index < -0.39 is 0 Å². The zero-order valence-corrected chi connectivity index (χ0v) is 19.6. The molecule has 0 spiro atoms. The summed E-state index contributed by atoms with van der Waals surface area (Å²) < 4.78 is 8.24. The Bertz CT molecular complexity index is 1030. The van der Waals surface area contributed by atoms with Gasteiger partial charge in [0.15, 0.2) is 0 Å². The molecule has 5 heteroatoms. The molecule has 0 saturated heterocycles. The van der Waals surface area contributed by atoms with Gasteiger partial charge in [-0.25, -0.2) is 4.98 Å². The van der Waals surface area contributed by atoms with Gasteiger partial charge in [-0.2, -0.15) is 0 Å². The number of aryl methyl sites for hydroxylation is 2. The summed E-state index contributed by atoms with van der Waals surface area (Å²) >= 11 is 0. The number of imidazole rings is 1. The van der Waals surface area contributed by atoms with E-state index in [1.807, 2.05) is 6.07 Å². The summed E-state index contributed by atoms with van der Waals surface area (Å²) in [7, 11) is 0. The summed E-state index contributed by atoms with van der Waals surface area (Å²) in [6, 6.07) is 16.7. The molecule has 0 atom stereocenters. The van der Waals surface area contributed by atoms with Gasteiger partial charge in [0.1, 0.15) is 11.6 Å². The number of carbonyl (C=O) groups excluding carboxylic acids is 1. The van der Waals surface area contributed by atoms with E-state index in [0.29, 0.717) is 24.6 Å². The fourth-order valence-corrected chi connectivity index (χ4v) is 3.68. The molecule has 1 amide bonds. The van der Waals surface area contributed by atoms with Crippen LogP contribution in [0.5, 0.6) is 5.75 Å². The van der Waals surface area contributed by atoms with Gasteiger partial charge >= 0.3 is 0 Å². The summed E-state index contributed by atoms with van der Waals surface area (Å²) in [6.07, 6.45) is 3.66. The molecule has 0 radical (unpaired) electrons. The van der Waals surface area contributed by atoms with Crippen LogP contribution in [0.1, 0.15) is 57.3 Å². The number of rotatable bonds is 12. The molecule has 0 unspecified atom stereocenters. The number of amides is 1. The van der Waals surface area contributed by atoms with Crippen LogP contribution in [0.25, 0.3) is 11.0 Å². The van der Waals surface area contributed by atoms with Crippen molar-refractivity contribution >= 4 is 16.9 Å². The van der Waals surface area contributed by atoms with E-state index in [9.17, 15) is 4.79 Å². The quantitative estimate of drug-likeness (QED) is 0.297. The van der Waals surface area contributed by atoms with Crippen molar-refractivity contribution in [3.8, 4) is 5.75 Å². The fourth-order valence-electron chi connectivity index (χ4n) is 3.68. The lowest BCUT2D eigenvalue weighted by Crippen LogP contribution is -2.25. The Morgan fingerprint density at radius 2 is 1.84 bits per heavy atom. The van der Waals surface area contributed by atoms with E-state index in [1.54, 1.807) is 6.92 Å². The second kappa shape index (κ2) is 11.5. The smallest absolute Gasteiger partial charge is 0.246 e. The van der Waals surface area contributed by atoms with Crippen LogP contribution in [0.2, 0.25) is 0 Å². The van der Waals surface area contributed by atoms with Crippen molar-refractivity contribution in [3.63, 3.8) is 0 Å². The van der Waals surface area contributed by atoms with Gasteiger partial charge < -0.3 is 14.6 Å². The van der Waals surface area contributed by atoms with Crippen LogP contribution < -0.4 is 10.1 Å². The van der Waals surface area contributed by atoms with Crippen LogP contribution in [0, 0.1) is 0 Å². The predicted molar refractivity (Wildman–Crippen MR) is 131 cm³/mol. The number of hydrogen-bond donors (Lipinski definition) is 1. The number of hydrogen-bond acceptors (Lipinski definition) is 3. The molecule has 0 fully saturated rings. The summed E-state index contributed by atoms with van der Waals surface area (Å²) in [4.78, 5) is 16.5. The number of nitrogens with zero attached hydrogens (tertiary/aromatic N) is 2. The number of benzene rings is 2. The van der Waals surface area contributed by atoms with Gasteiger partial charge in [-0.3, -0.25) is 4.79 Å². The lowest BCUT2D eigenvalue weighted by atomic mass is 10.0. The van der Waals surface area contributed by atoms with Gasteiger partial charge in [-0.05, 0) is 61.9 Å². The first kappa shape index (κ1) is 23.6. The highest BCUT2D eigenvalue weighted by molar-refractivity contribution is 5.92. The Kier molecular flexibility index (Phi) is 8.48. The number of unbranched alkanes of at least 4 members (excludes halogenated alkanes) is 1. The molecule has 1 aromatic heterocycles. The minimum atomic E-state index is -0.0858. The number of aromatic nitrogens is 2. The highest BCUT2D eigenvalue weighted by Crippen LogP contribution is 2.20. The van der Waals surface area contributed by atoms with Crippen molar-refractivity contribution in [3.05, 3.63) is 72.1 Å². The largest absolute Gasteiger partial charge is 0.494 e. The summed E-state index contributed by atoms with van der Waals surface area (Å²) in [5.74, 6) is 2.45. The van der Waals surface area contributed by atoms with Crippen molar-refractivity contribution in [1.82, 2.24) is 14.9 Å². The van der Waals surface area contributed by atoms with Crippen LogP contribution in [-0.4, -0.2) is 28.6 Å². The second-order valence-corrected chi connectivity index (χ2v) is 8.59. The first-order valence-electron chi connectivity index (χ1n) is 11.6. The standard InChI is InChI=1S/C27H35N3O2/c1-20(2)22-13-15-23(16-14-22)32-19-8-7-18-30-25-11-6-5-10-24(25)29-26(30)12-9-17-28-27(31)21(3)4/h5-6,10-11,13-16,20H,3,7-9,12,17-19H2,1-2,4H3,(H,28,31). The van der Waals surface area contributed by atoms with Crippen LogP contribution in [-0.2, 0) is 17.8 Å². The molecule has 0 aliphatic carbocycles. The molecule has 3 aromatic rings. The van der Waals surface area contributed by atoms with Crippen LogP contribution in [0.15, 0.2) is 60.7 Å². The maximum Gasteiger partial charge on any atom is 0.246 e. The molecular formula is C27H35N3O2. The third-order valence-electron chi connectivity index (χ3n) is 5.58. The van der Waals surface area contributed by atoms with E-state index in [2.05, 4.69) is 72.8 Å². The summed E-state index contributed by atoms with van der Waals surface area (Å²) in [6.45, 7) is 12.0. The van der Waals surface area contributed by atoms with E-state index in [-0.39, 0.29) is 5.91 Å². The summed E-state index contributed by atoms with van der Waals surface area (Å²) in [5, 5.41) is 2.90. The van der Waals surface area contributed by atoms with Crippen LogP contribution >= 0.6 is 0 Å². The molecule has 0 saturated carbocycles. The zero-order valence-electron chi connectivity index (χ0n) is 19.6. The zero-order chi connectivity index (χ0) is 22.9. The van der Waals surface area contributed by atoms with Crippen molar-refractivity contribution in [1.29, 1.82) is 0 Å². The summed E-state index contributed by atoms with van der Waals surface area (Å²) in [5.41, 5.74) is 4.06. The minimum absolute atomic E-state index is 0.0858. The van der Waals surface area contributed by atoms with Gasteiger partial charge in [0.2, 0.25) is 5.91 Å². The Hall–Kier alpha value is -3.08. The first-order valence-corrected chi connectivity index (χ1v) is 11.6. The monoisotopic (exact) mass is 433 g/mol. The Morgan fingerprint density at radius 3 is 2.56 bits per heavy atom. The van der Waals surface area contributed by atoms with Crippen LogP contribution in [0.4, 0.5) is 0 Å². The molecule has 0 bridgehead atoms. The maximum absolute atomic E-state index is 11.7. The molecule has 2 aromatic carbocycles. The Morgan fingerprint density at radius 1 is 1.09 bits per heavy atom. The molecule has 32 heavy (non-hydrogen) atoms. The predicted octanol–water partition coefficient (Wildman–Crippen LogP) is 5.64. The third-order valence-corrected chi connectivity index (χ3v) is 5.58. The average molecular weight is 434 g/mol. The maximum atomic E-state index is 11.7. The topological polar surface area (TPSA) is 56.2 Å². The number of para-hydroxylation sites is 2. The Balaban J connectivity index is 1.51. The molecule has 5 nitrogen and oxygen atoms in total. The number of ether oxygens (including phenoxy) is 1. The van der Waals surface area contributed by atoms with E-state index in [0.717, 1.165) is 49.3 Å². The van der Waals surface area contributed by atoms with Gasteiger partial charge in [0.05, 0.1) is 17.6 Å². The fraction of sp³-hybridized carbons (Fsp3) is 0.407.